The summed E-state index contributed by atoms with van der Waals surface area (Å²) in [7, 11) is 2.79. The molecule has 142 valence electrons. The molecule has 0 unspecified atom stereocenters. The van der Waals surface area contributed by atoms with Gasteiger partial charge < -0.3 is 20.1 Å². The third kappa shape index (κ3) is 5.30. The van der Waals surface area contributed by atoms with E-state index >= 15 is 0 Å². The molecule has 0 aromatic heterocycles. The highest BCUT2D eigenvalue weighted by atomic mass is 79.9. The number of hydrogen-bond acceptors (Lipinski definition) is 5. The maximum atomic E-state index is 12.3. The van der Waals surface area contributed by atoms with Crippen LogP contribution in [0, 0.1) is 0 Å². The van der Waals surface area contributed by atoms with Gasteiger partial charge in [0.25, 0.3) is 11.8 Å². The maximum absolute atomic E-state index is 12.3. The standard InChI is InChI=1S/C19H19BrN2O5/c1-21-17(23)13-5-3-4-6-14(13)18(24)22-9-10-27-16-8-7-12(20)11-15(16)19(25)26-2/h3-8,11H,9-10H2,1-2H3,(H,21,23)(H,22,24). The average Bonchev–Trinajstić information content (AvgIpc) is 2.70. The highest BCUT2D eigenvalue weighted by Gasteiger charge is 2.16. The van der Waals surface area contributed by atoms with E-state index in [9.17, 15) is 14.4 Å². The van der Waals surface area contributed by atoms with Crippen molar-refractivity contribution in [3.05, 3.63) is 63.6 Å². The highest BCUT2D eigenvalue weighted by Crippen LogP contribution is 2.23. The summed E-state index contributed by atoms with van der Waals surface area (Å²) >= 11 is 3.29. The van der Waals surface area contributed by atoms with E-state index in [0.717, 1.165) is 4.47 Å². The lowest BCUT2D eigenvalue weighted by Crippen LogP contribution is -2.31. The molecule has 2 rings (SSSR count). The summed E-state index contributed by atoms with van der Waals surface area (Å²) < 4.78 is 11.0. The lowest BCUT2D eigenvalue weighted by atomic mass is 10.1. The van der Waals surface area contributed by atoms with Crippen LogP contribution >= 0.6 is 15.9 Å². The monoisotopic (exact) mass is 434 g/mol. The molecule has 0 aliphatic heterocycles. The number of hydrogen-bond donors (Lipinski definition) is 2. The summed E-state index contributed by atoms with van der Waals surface area (Å²) in [6.07, 6.45) is 0. The van der Waals surface area contributed by atoms with Gasteiger partial charge in [0, 0.05) is 11.5 Å². The Morgan fingerprint density at radius 3 is 2.30 bits per heavy atom. The fourth-order valence-corrected chi connectivity index (χ4v) is 2.69. The number of rotatable bonds is 7. The van der Waals surface area contributed by atoms with Crippen LogP contribution in [0.2, 0.25) is 0 Å². The van der Waals surface area contributed by atoms with Gasteiger partial charge in [-0.2, -0.15) is 0 Å². The zero-order valence-corrected chi connectivity index (χ0v) is 16.5. The summed E-state index contributed by atoms with van der Waals surface area (Å²) in [5.74, 6) is -0.892. The van der Waals surface area contributed by atoms with Gasteiger partial charge in [-0.25, -0.2) is 4.79 Å². The zero-order valence-electron chi connectivity index (χ0n) is 14.9. The summed E-state index contributed by atoms with van der Waals surface area (Å²) in [6.45, 7) is 0.330. The summed E-state index contributed by atoms with van der Waals surface area (Å²) in [6, 6.07) is 11.5. The van der Waals surface area contributed by atoms with Crippen molar-refractivity contribution in [2.45, 2.75) is 0 Å². The van der Waals surface area contributed by atoms with Crippen LogP contribution in [0.4, 0.5) is 0 Å². The molecular formula is C19H19BrN2O5. The number of carbonyl (C=O) groups excluding carboxylic acids is 3. The van der Waals surface area contributed by atoms with Crippen LogP contribution in [0.15, 0.2) is 46.9 Å². The smallest absolute Gasteiger partial charge is 0.341 e. The van der Waals surface area contributed by atoms with Crippen molar-refractivity contribution < 1.29 is 23.9 Å². The summed E-state index contributed by atoms with van der Waals surface area (Å²) in [5.41, 5.74) is 0.846. The molecular weight excluding hydrogens is 416 g/mol. The molecule has 2 aromatic carbocycles. The number of nitrogens with one attached hydrogen (secondary N) is 2. The van der Waals surface area contributed by atoms with Crippen LogP contribution in [0.3, 0.4) is 0 Å². The molecule has 0 fully saturated rings. The second-order valence-corrected chi connectivity index (χ2v) is 6.28. The van der Waals surface area contributed by atoms with E-state index in [0.29, 0.717) is 11.3 Å². The molecule has 0 saturated carbocycles. The minimum Gasteiger partial charge on any atom is -0.491 e. The Hall–Kier alpha value is -2.87. The third-order valence-electron chi connectivity index (χ3n) is 3.64. The van der Waals surface area contributed by atoms with Crippen molar-refractivity contribution in [2.24, 2.45) is 0 Å². The molecule has 0 atom stereocenters. The first-order valence-electron chi connectivity index (χ1n) is 8.08. The molecule has 0 bridgehead atoms. The molecule has 7 nitrogen and oxygen atoms in total. The number of ether oxygens (including phenoxy) is 2. The topological polar surface area (TPSA) is 93.7 Å². The van der Waals surface area contributed by atoms with Crippen LogP contribution in [-0.2, 0) is 4.74 Å². The van der Waals surface area contributed by atoms with Gasteiger partial charge in [-0.15, -0.1) is 0 Å². The van der Waals surface area contributed by atoms with Gasteiger partial charge in [-0.3, -0.25) is 9.59 Å². The average molecular weight is 435 g/mol. The van der Waals surface area contributed by atoms with E-state index < -0.39 is 5.97 Å². The molecule has 0 spiro atoms. The lowest BCUT2D eigenvalue weighted by molar-refractivity contribution is 0.0595. The predicted octanol–water partition coefficient (Wildman–Crippen LogP) is 2.40. The number of esters is 1. The van der Waals surface area contributed by atoms with E-state index in [-0.39, 0.29) is 36.1 Å². The lowest BCUT2D eigenvalue weighted by Gasteiger charge is -2.12. The minimum absolute atomic E-state index is 0.138. The second-order valence-electron chi connectivity index (χ2n) is 5.36. The molecule has 2 aromatic rings. The predicted molar refractivity (Wildman–Crippen MR) is 103 cm³/mol. The first kappa shape index (κ1) is 20.4. The van der Waals surface area contributed by atoms with E-state index in [2.05, 4.69) is 26.6 Å². The Morgan fingerprint density at radius 2 is 1.67 bits per heavy atom. The first-order valence-corrected chi connectivity index (χ1v) is 8.87. The molecule has 0 radical (unpaired) electrons. The van der Waals surface area contributed by atoms with Crippen molar-refractivity contribution in [2.75, 3.05) is 27.3 Å². The van der Waals surface area contributed by atoms with E-state index in [1.165, 1.54) is 14.2 Å². The fraction of sp³-hybridized carbons (Fsp3) is 0.211. The van der Waals surface area contributed by atoms with Crippen molar-refractivity contribution in [1.82, 2.24) is 10.6 Å². The van der Waals surface area contributed by atoms with Crippen LogP contribution in [0.1, 0.15) is 31.1 Å². The Balaban J connectivity index is 1.98. The van der Waals surface area contributed by atoms with Gasteiger partial charge in [-0.1, -0.05) is 28.1 Å². The van der Waals surface area contributed by atoms with Gasteiger partial charge >= 0.3 is 5.97 Å². The third-order valence-corrected chi connectivity index (χ3v) is 4.13. The quantitative estimate of drug-likeness (QED) is 0.515. The Morgan fingerprint density at radius 1 is 1.00 bits per heavy atom. The molecule has 0 heterocycles. The Labute approximate surface area is 165 Å². The number of carbonyl (C=O) groups is 3. The maximum Gasteiger partial charge on any atom is 0.341 e. The van der Waals surface area contributed by atoms with Crippen molar-refractivity contribution in [3.63, 3.8) is 0 Å². The van der Waals surface area contributed by atoms with Gasteiger partial charge in [0.05, 0.1) is 24.8 Å². The minimum atomic E-state index is -0.519. The summed E-state index contributed by atoms with van der Waals surface area (Å²) in [5, 5.41) is 5.19. The largest absolute Gasteiger partial charge is 0.491 e. The molecule has 27 heavy (non-hydrogen) atoms. The second kappa shape index (κ2) is 9.72. The van der Waals surface area contributed by atoms with Crippen molar-refractivity contribution >= 4 is 33.7 Å². The highest BCUT2D eigenvalue weighted by molar-refractivity contribution is 9.10. The molecule has 8 heteroatoms. The molecule has 2 N–H and O–H groups in total. The molecule has 0 aliphatic carbocycles. The first-order chi connectivity index (χ1) is 13.0. The molecule has 0 aliphatic rings. The van der Waals surface area contributed by atoms with Gasteiger partial charge in [0.1, 0.15) is 17.9 Å². The van der Waals surface area contributed by atoms with Crippen molar-refractivity contribution in [1.29, 1.82) is 0 Å². The fourth-order valence-electron chi connectivity index (χ4n) is 2.33. The Bertz CT molecular complexity index is 854. The number of methoxy groups -OCH3 is 1. The number of benzene rings is 2. The van der Waals surface area contributed by atoms with Crippen LogP contribution in [-0.4, -0.2) is 45.1 Å². The number of amides is 2. The van der Waals surface area contributed by atoms with E-state index in [1.54, 1.807) is 42.5 Å². The van der Waals surface area contributed by atoms with Crippen LogP contribution in [0.5, 0.6) is 5.75 Å². The van der Waals surface area contributed by atoms with E-state index in [4.69, 9.17) is 9.47 Å². The van der Waals surface area contributed by atoms with Crippen LogP contribution < -0.4 is 15.4 Å². The molecule has 2 amide bonds. The van der Waals surface area contributed by atoms with Gasteiger partial charge in [-0.05, 0) is 30.3 Å². The van der Waals surface area contributed by atoms with Gasteiger partial charge in [0.2, 0.25) is 0 Å². The Kier molecular flexibility index (Phi) is 7.36. The number of halogens is 1. The van der Waals surface area contributed by atoms with Crippen LogP contribution in [0.25, 0.3) is 0 Å². The van der Waals surface area contributed by atoms with Crippen molar-refractivity contribution in [3.8, 4) is 5.75 Å². The SMILES string of the molecule is CNC(=O)c1ccccc1C(=O)NCCOc1ccc(Br)cc1C(=O)OC. The summed E-state index contributed by atoms with van der Waals surface area (Å²) in [4.78, 5) is 36.0. The molecule has 0 saturated heterocycles. The van der Waals surface area contributed by atoms with Gasteiger partial charge in [0.15, 0.2) is 0 Å². The normalized spacial score (nSPS) is 10.0. The zero-order chi connectivity index (χ0) is 19.8. The van der Waals surface area contributed by atoms with E-state index in [1.807, 2.05) is 0 Å².